The number of halogens is 2. The Balaban J connectivity index is 0.000000363. The molecular weight excluding hydrogens is 547 g/mol. The molecule has 2 aromatic carbocycles. The van der Waals surface area contributed by atoms with E-state index in [1.807, 2.05) is 26.0 Å². The summed E-state index contributed by atoms with van der Waals surface area (Å²) in [6.45, 7) is 12.4. The third kappa shape index (κ3) is 8.84. The van der Waals surface area contributed by atoms with Crippen LogP contribution >= 0.6 is 39.8 Å². The molecule has 0 saturated heterocycles. The van der Waals surface area contributed by atoms with Gasteiger partial charge in [0.05, 0.1) is 0 Å². The Bertz CT molecular complexity index is 863. The van der Waals surface area contributed by atoms with Gasteiger partial charge in [0.1, 0.15) is 0 Å². The third-order valence-electron chi connectivity index (χ3n) is 5.58. The van der Waals surface area contributed by atoms with Crippen molar-refractivity contribution < 1.29 is 9.59 Å². The zero-order valence-corrected chi connectivity index (χ0v) is 24.4. The lowest BCUT2D eigenvalue weighted by Crippen LogP contribution is -2.05. The van der Waals surface area contributed by atoms with E-state index in [1.54, 1.807) is 0 Å². The lowest BCUT2D eigenvalue weighted by atomic mass is 10.0. The topological polar surface area (TPSA) is 34.1 Å². The molecule has 2 rings (SSSR count). The van der Waals surface area contributed by atoms with Crippen molar-refractivity contribution >= 4 is 51.6 Å². The largest absolute Gasteiger partial charge is 0.298 e. The number of hydrogen-bond acceptors (Lipinski definition) is 2. The molecule has 0 spiro atoms. The zero-order chi connectivity index (χ0) is 24.3. The van der Waals surface area contributed by atoms with E-state index in [-0.39, 0.29) is 0 Å². The minimum absolute atomic E-state index is 0.382. The van der Waals surface area contributed by atoms with Crippen molar-refractivity contribution in [2.45, 2.75) is 71.0 Å². The second-order valence-corrected chi connectivity index (χ2v) is 11.8. The molecule has 0 fully saturated rings. The summed E-state index contributed by atoms with van der Waals surface area (Å²) in [4.78, 5) is 23.3. The number of carbonyl (C=O) groups is 2. The van der Waals surface area contributed by atoms with Gasteiger partial charge in [-0.15, -0.1) is 0 Å². The van der Waals surface area contributed by atoms with Gasteiger partial charge >= 0.3 is 0 Å². The van der Waals surface area contributed by atoms with Crippen molar-refractivity contribution in [3.63, 3.8) is 0 Å². The van der Waals surface area contributed by atoms with Crippen LogP contribution in [0, 0.1) is 27.7 Å². The van der Waals surface area contributed by atoms with Crippen molar-refractivity contribution in [1.82, 2.24) is 0 Å². The lowest BCUT2D eigenvalue weighted by molar-refractivity contribution is 0.108. The molecule has 0 amide bonds. The Kier molecular flexibility index (Phi) is 13.8. The molecule has 1 unspecified atom stereocenters. The molecule has 32 heavy (non-hydrogen) atoms. The Morgan fingerprint density at radius 1 is 0.844 bits per heavy atom. The minimum atomic E-state index is -0.532. The first-order valence-electron chi connectivity index (χ1n) is 11.2. The smallest absolute Gasteiger partial charge is 0.184 e. The van der Waals surface area contributed by atoms with Crippen LogP contribution in [0.2, 0.25) is 0 Å². The zero-order valence-electron chi connectivity index (χ0n) is 20.4. The van der Waals surface area contributed by atoms with Gasteiger partial charge in [0.15, 0.2) is 11.8 Å². The Labute approximate surface area is 213 Å². The highest BCUT2D eigenvalue weighted by atomic mass is 79.9. The third-order valence-corrected chi connectivity index (χ3v) is 8.78. The number of unbranched alkanes of at least 4 members (excludes halogenated alkanes) is 3. The molecule has 0 N–H and O–H groups in total. The number of carbonyl (C=O) groups excluding carboxylic acids is 2. The van der Waals surface area contributed by atoms with E-state index >= 15 is 0 Å². The molecule has 0 aromatic heterocycles. The van der Waals surface area contributed by atoms with Gasteiger partial charge in [-0.1, -0.05) is 82.3 Å². The van der Waals surface area contributed by atoms with Gasteiger partial charge in [-0.3, -0.25) is 9.59 Å². The van der Waals surface area contributed by atoms with Gasteiger partial charge in [-0.05, 0) is 88.2 Å². The Morgan fingerprint density at radius 3 is 1.72 bits per heavy atom. The summed E-state index contributed by atoms with van der Waals surface area (Å²) in [7, 11) is -0.532. The number of hydrogen-bond donors (Lipinski definition) is 0. The van der Waals surface area contributed by atoms with Crippen molar-refractivity contribution in [3.8, 4) is 0 Å². The van der Waals surface area contributed by atoms with E-state index in [0.29, 0.717) is 5.52 Å². The summed E-state index contributed by atoms with van der Waals surface area (Å²) in [6.07, 6.45) is 6.99. The number of alkyl halides is 2. The average Bonchev–Trinajstić information content (AvgIpc) is 2.76. The van der Waals surface area contributed by atoms with E-state index in [0.717, 1.165) is 56.5 Å². The van der Waals surface area contributed by atoms with Gasteiger partial charge in [0.2, 0.25) is 0 Å². The van der Waals surface area contributed by atoms with Crippen LogP contribution in [0.4, 0.5) is 0 Å². The summed E-state index contributed by atoms with van der Waals surface area (Å²) in [5.74, 6) is 0. The fourth-order valence-electron chi connectivity index (χ4n) is 3.86. The highest BCUT2D eigenvalue weighted by Crippen LogP contribution is 2.38. The summed E-state index contributed by atoms with van der Waals surface area (Å²) in [6, 6.07) is 8.33. The lowest BCUT2D eigenvalue weighted by Gasteiger charge is -2.16. The summed E-state index contributed by atoms with van der Waals surface area (Å²) in [5, 5.41) is 1.69. The molecule has 0 bridgehead atoms. The molecular formula is C27H37Br2O2P. The number of aryl methyl sites for hydroxylation is 4. The van der Waals surface area contributed by atoms with Crippen molar-refractivity contribution in [3.05, 3.63) is 68.8 Å². The van der Waals surface area contributed by atoms with Gasteiger partial charge in [0.25, 0.3) is 0 Å². The predicted octanol–water partition coefficient (Wildman–Crippen LogP) is 9.04. The first kappa shape index (κ1) is 29.2. The van der Waals surface area contributed by atoms with Crippen molar-refractivity contribution in [2.24, 2.45) is 0 Å². The van der Waals surface area contributed by atoms with Crippen molar-refractivity contribution in [1.29, 1.82) is 0 Å². The first-order chi connectivity index (χ1) is 15.2. The van der Waals surface area contributed by atoms with E-state index in [1.165, 1.54) is 36.8 Å². The molecule has 0 saturated carbocycles. The molecule has 176 valence electrons. The van der Waals surface area contributed by atoms with Crippen LogP contribution in [-0.2, 0) is 10.7 Å². The fourth-order valence-corrected chi connectivity index (χ4v) is 6.15. The van der Waals surface area contributed by atoms with Gasteiger partial charge < -0.3 is 0 Å². The molecule has 0 aliphatic heterocycles. The molecule has 2 aromatic rings. The second-order valence-electron chi connectivity index (χ2n) is 8.42. The Hall–Kier alpha value is -0.830. The maximum Gasteiger partial charge on any atom is 0.184 e. The molecule has 0 aliphatic rings. The first-order valence-corrected chi connectivity index (χ1v) is 15.4. The number of aldehydes is 1. The quantitative estimate of drug-likeness (QED) is 0.121. The SMILES string of the molecule is CCCCCCP(C)C(=O)c1c(C)cc(CBr)cc1C.Cc1cc(CBr)cc(C)c1C=O. The second kappa shape index (κ2) is 15.1. The summed E-state index contributed by atoms with van der Waals surface area (Å²) < 4.78 is 0. The standard InChI is InChI=1S/C17H26BrOP.C10H11BrO/c1-5-6-7-8-9-20(4)17(19)16-13(2)10-15(12-18)11-14(16)3;1-7-3-9(5-11)4-8(2)10(7)6-12/h10-11H,5-9,12H2,1-4H3;3-4,6H,5H2,1-2H3. The normalized spacial score (nSPS) is 11.5. The number of rotatable bonds is 10. The minimum Gasteiger partial charge on any atom is -0.298 e. The van der Waals surface area contributed by atoms with Gasteiger partial charge in [-0.25, -0.2) is 0 Å². The highest BCUT2D eigenvalue weighted by molar-refractivity contribution is 9.08. The molecule has 0 aliphatic carbocycles. The van der Waals surface area contributed by atoms with E-state index in [4.69, 9.17) is 0 Å². The van der Waals surface area contributed by atoms with Crippen LogP contribution in [0.5, 0.6) is 0 Å². The molecule has 0 heterocycles. The predicted molar refractivity (Wildman–Crippen MR) is 149 cm³/mol. The van der Waals surface area contributed by atoms with E-state index < -0.39 is 7.92 Å². The maximum atomic E-state index is 12.7. The maximum absolute atomic E-state index is 12.7. The van der Waals surface area contributed by atoms with Crippen LogP contribution in [0.15, 0.2) is 24.3 Å². The monoisotopic (exact) mass is 582 g/mol. The van der Waals surface area contributed by atoms with Gasteiger partial charge in [0, 0.05) is 21.8 Å². The van der Waals surface area contributed by atoms with Crippen LogP contribution in [0.25, 0.3) is 0 Å². The molecule has 2 nitrogen and oxygen atoms in total. The van der Waals surface area contributed by atoms with Crippen LogP contribution < -0.4 is 0 Å². The average molecular weight is 584 g/mol. The van der Waals surface area contributed by atoms with Crippen LogP contribution in [0.1, 0.15) is 86.7 Å². The summed E-state index contributed by atoms with van der Waals surface area (Å²) >= 11 is 6.87. The number of benzene rings is 2. The van der Waals surface area contributed by atoms with Crippen LogP contribution in [0.3, 0.4) is 0 Å². The van der Waals surface area contributed by atoms with Gasteiger partial charge in [-0.2, -0.15) is 0 Å². The summed E-state index contributed by atoms with van der Waals surface area (Å²) in [5.41, 5.74) is 9.01. The molecule has 5 heteroatoms. The molecule has 0 radical (unpaired) electrons. The van der Waals surface area contributed by atoms with Crippen molar-refractivity contribution in [2.75, 3.05) is 12.8 Å². The van der Waals surface area contributed by atoms with Crippen LogP contribution in [-0.4, -0.2) is 24.6 Å². The highest BCUT2D eigenvalue weighted by Gasteiger charge is 2.19. The fraction of sp³-hybridized carbons (Fsp3) is 0.481. The Morgan fingerprint density at radius 2 is 1.31 bits per heavy atom. The van der Waals surface area contributed by atoms with E-state index in [9.17, 15) is 9.59 Å². The van der Waals surface area contributed by atoms with E-state index in [2.05, 4.69) is 71.4 Å². The molecule has 1 atom stereocenters.